The molecule has 0 aliphatic carbocycles. The molecule has 1 aromatic heterocycles. The predicted octanol–water partition coefficient (Wildman–Crippen LogP) is 5.52. The van der Waals surface area contributed by atoms with E-state index >= 15 is 0 Å². The number of benzene rings is 2. The maximum Gasteiger partial charge on any atom is 0.417 e. The van der Waals surface area contributed by atoms with E-state index in [0.29, 0.717) is 11.1 Å². The van der Waals surface area contributed by atoms with Crippen molar-refractivity contribution in [3.63, 3.8) is 0 Å². The first-order valence-electron chi connectivity index (χ1n) is 8.12. The molecular weight excluding hydrogens is 434 g/mol. The van der Waals surface area contributed by atoms with Crippen LogP contribution in [0.25, 0.3) is 11.0 Å². The number of rotatable bonds is 4. The van der Waals surface area contributed by atoms with Crippen molar-refractivity contribution in [2.24, 2.45) is 0 Å². The summed E-state index contributed by atoms with van der Waals surface area (Å²) in [7, 11) is 0. The normalized spacial score (nSPS) is 12.6. The largest absolute Gasteiger partial charge is 0.479 e. The van der Waals surface area contributed by atoms with Crippen LogP contribution in [-0.4, -0.2) is 12.0 Å². The molecule has 1 atom stereocenters. The van der Waals surface area contributed by atoms with Gasteiger partial charge in [-0.15, -0.1) is 0 Å². The second-order valence-electron chi connectivity index (χ2n) is 6.01. The SMILES string of the molecule is CC(Oc1cc(Cl)ccc1Cl)C(=O)Nc1ccc2c(C(F)(F)F)cc(=O)oc2c1. The van der Waals surface area contributed by atoms with Crippen molar-refractivity contribution in [1.82, 2.24) is 0 Å². The number of carbonyl (C=O) groups is 1. The van der Waals surface area contributed by atoms with E-state index in [9.17, 15) is 22.8 Å². The van der Waals surface area contributed by atoms with E-state index in [1.165, 1.54) is 25.1 Å². The molecular formula is C19H12Cl2F3NO4. The average molecular weight is 446 g/mol. The van der Waals surface area contributed by atoms with Crippen LogP contribution >= 0.6 is 23.2 Å². The van der Waals surface area contributed by atoms with Gasteiger partial charge in [-0.3, -0.25) is 4.79 Å². The van der Waals surface area contributed by atoms with Gasteiger partial charge in [0, 0.05) is 34.3 Å². The molecule has 0 saturated carbocycles. The van der Waals surface area contributed by atoms with Crippen molar-refractivity contribution in [3.05, 3.63) is 68.5 Å². The summed E-state index contributed by atoms with van der Waals surface area (Å²) in [6, 6.07) is 8.38. The predicted molar refractivity (Wildman–Crippen MR) is 103 cm³/mol. The zero-order chi connectivity index (χ0) is 21.3. The first-order valence-corrected chi connectivity index (χ1v) is 8.88. The number of hydrogen-bond acceptors (Lipinski definition) is 4. The summed E-state index contributed by atoms with van der Waals surface area (Å²) in [6.07, 6.45) is -5.73. The zero-order valence-corrected chi connectivity index (χ0v) is 16.2. The van der Waals surface area contributed by atoms with Gasteiger partial charge in [0.1, 0.15) is 11.3 Å². The first-order chi connectivity index (χ1) is 13.5. The fraction of sp³-hybridized carbons (Fsp3) is 0.158. The molecule has 3 aromatic rings. The minimum absolute atomic E-state index is 0.123. The smallest absolute Gasteiger partial charge is 0.417 e. The highest BCUT2D eigenvalue weighted by atomic mass is 35.5. The molecule has 5 nitrogen and oxygen atoms in total. The summed E-state index contributed by atoms with van der Waals surface area (Å²) in [5.74, 6) is -0.407. The van der Waals surface area contributed by atoms with Gasteiger partial charge in [0.05, 0.1) is 10.6 Å². The Bertz CT molecular complexity index is 1140. The summed E-state index contributed by atoms with van der Waals surface area (Å²) in [5.41, 5.74) is -2.46. The van der Waals surface area contributed by atoms with Gasteiger partial charge in [0.15, 0.2) is 6.10 Å². The molecule has 152 valence electrons. The van der Waals surface area contributed by atoms with Crippen molar-refractivity contribution < 1.29 is 27.1 Å². The average Bonchev–Trinajstić information content (AvgIpc) is 2.63. The van der Waals surface area contributed by atoms with Crippen molar-refractivity contribution >= 4 is 45.8 Å². The van der Waals surface area contributed by atoms with Gasteiger partial charge in [-0.05, 0) is 31.2 Å². The topological polar surface area (TPSA) is 68.5 Å². The van der Waals surface area contributed by atoms with E-state index in [0.717, 1.165) is 12.1 Å². The van der Waals surface area contributed by atoms with Crippen molar-refractivity contribution in [3.8, 4) is 5.75 Å². The monoisotopic (exact) mass is 445 g/mol. The fourth-order valence-corrected chi connectivity index (χ4v) is 2.85. The van der Waals surface area contributed by atoms with Crippen molar-refractivity contribution in [2.75, 3.05) is 5.32 Å². The number of alkyl halides is 3. The molecule has 0 aliphatic heterocycles. The number of anilines is 1. The highest BCUT2D eigenvalue weighted by molar-refractivity contribution is 6.34. The number of fused-ring (bicyclic) bond motifs is 1. The van der Waals surface area contributed by atoms with Gasteiger partial charge < -0.3 is 14.5 Å². The first kappa shape index (κ1) is 21.0. The summed E-state index contributed by atoms with van der Waals surface area (Å²) >= 11 is 11.9. The van der Waals surface area contributed by atoms with E-state index in [4.69, 9.17) is 32.4 Å². The number of hydrogen-bond donors (Lipinski definition) is 1. The van der Waals surface area contributed by atoms with Crippen LogP contribution in [0.2, 0.25) is 10.0 Å². The summed E-state index contributed by atoms with van der Waals surface area (Å²) in [6.45, 7) is 1.45. The van der Waals surface area contributed by atoms with E-state index in [2.05, 4.69) is 5.32 Å². The van der Waals surface area contributed by atoms with Gasteiger partial charge in [0.25, 0.3) is 5.91 Å². The molecule has 10 heteroatoms. The molecule has 0 radical (unpaired) electrons. The summed E-state index contributed by atoms with van der Waals surface area (Å²) in [5, 5.41) is 2.80. The summed E-state index contributed by atoms with van der Waals surface area (Å²) < 4.78 is 49.6. The van der Waals surface area contributed by atoms with Gasteiger partial charge >= 0.3 is 11.8 Å². The number of carbonyl (C=O) groups excluding carboxylic acids is 1. The van der Waals surface area contributed by atoms with Crippen LogP contribution in [0.3, 0.4) is 0 Å². The number of nitrogens with one attached hydrogen (secondary N) is 1. The van der Waals surface area contributed by atoms with E-state index in [-0.39, 0.29) is 27.4 Å². The third-order valence-electron chi connectivity index (χ3n) is 3.88. The Morgan fingerprint density at radius 1 is 1.14 bits per heavy atom. The highest BCUT2D eigenvalue weighted by Crippen LogP contribution is 2.34. The van der Waals surface area contributed by atoms with Crippen LogP contribution in [0.15, 0.2) is 51.7 Å². The Morgan fingerprint density at radius 3 is 2.55 bits per heavy atom. The quantitative estimate of drug-likeness (QED) is 0.536. The van der Waals surface area contributed by atoms with Crippen LogP contribution in [0.1, 0.15) is 12.5 Å². The molecule has 1 unspecified atom stereocenters. The molecule has 0 bridgehead atoms. The molecule has 1 heterocycles. The molecule has 0 saturated heterocycles. The second kappa shape index (κ2) is 7.96. The second-order valence-corrected chi connectivity index (χ2v) is 6.86. The molecule has 2 aromatic carbocycles. The lowest BCUT2D eigenvalue weighted by atomic mass is 10.1. The van der Waals surface area contributed by atoms with Crippen LogP contribution in [0.5, 0.6) is 5.75 Å². The third-order valence-corrected chi connectivity index (χ3v) is 4.43. The maximum atomic E-state index is 13.1. The highest BCUT2D eigenvalue weighted by Gasteiger charge is 2.33. The molecule has 3 rings (SSSR count). The van der Waals surface area contributed by atoms with Crippen LogP contribution < -0.4 is 15.7 Å². The number of ether oxygens (including phenoxy) is 1. The van der Waals surface area contributed by atoms with Crippen molar-refractivity contribution in [2.45, 2.75) is 19.2 Å². The molecule has 1 amide bonds. The molecule has 0 spiro atoms. The standard InChI is InChI=1S/C19H12Cl2F3NO4/c1-9(28-16-6-10(20)2-5-14(16)21)18(27)25-11-3-4-12-13(19(22,23)24)8-17(26)29-15(12)7-11/h2-9H,1H3,(H,25,27). The third kappa shape index (κ3) is 4.83. The Morgan fingerprint density at radius 2 is 1.86 bits per heavy atom. The lowest BCUT2D eigenvalue weighted by Gasteiger charge is -2.16. The Labute approximate surface area is 172 Å². The Balaban J connectivity index is 1.83. The van der Waals surface area contributed by atoms with Crippen molar-refractivity contribution in [1.29, 1.82) is 0 Å². The lowest BCUT2D eigenvalue weighted by Crippen LogP contribution is -2.30. The minimum atomic E-state index is -4.72. The minimum Gasteiger partial charge on any atom is -0.479 e. The Hall–Kier alpha value is -2.71. The van der Waals surface area contributed by atoms with Crippen LogP contribution in [0, 0.1) is 0 Å². The number of halogens is 5. The van der Waals surface area contributed by atoms with Crippen LogP contribution in [-0.2, 0) is 11.0 Å². The molecule has 29 heavy (non-hydrogen) atoms. The zero-order valence-electron chi connectivity index (χ0n) is 14.6. The van der Waals surface area contributed by atoms with E-state index < -0.39 is 29.4 Å². The molecule has 0 aliphatic rings. The Kier molecular flexibility index (Phi) is 5.77. The maximum absolute atomic E-state index is 13.1. The van der Waals surface area contributed by atoms with E-state index in [1.54, 1.807) is 6.07 Å². The van der Waals surface area contributed by atoms with Gasteiger partial charge in [0.2, 0.25) is 0 Å². The fourth-order valence-electron chi connectivity index (χ4n) is 2.53. The molecule has 0 fully saturated rings. The number of amides is 1. The molecule has 1 N–H and O–H groups in total. The summed E-state index contributed by atoms with van der Waals surface area (Å²) in [4.78, 5) is 23.8. The lowest BCUT2D eigenvalue weighted by molar-refractivity contribution is -0.136. The van der Waals surface area contributed by atoms with Crippen LogP contribution in [0.4, 0.5) is 18.9 Å². The van der Waals surface area contributed by atoms with Gasteiger partial charge in [-0.2, -0.15) is 13.2 Å². The van der Waals surface area contributed by atoms with E-state index in [1.807, 2.05) is 0 Å². The van der Waals surface area contributed by atoms with Gasteiger partial charge in [-0.1, -0.05) is 23.2 Å². The van der Waals surface area contributed by atoms with Gasteiger partial charge in [-0.25, -0.2) is 4.79 Å².